The van der Waals surface area contributed by atoms with Crippen molar-refractivity contribution in [3.05, 3.63) is 64.7 Å². The van der Waals surface area contributed by atoms with Gasteiger partial charge in [0.05, 0.1) is 0 Å². The molecule has 1 aliphatic rings. The smallest absolute Gasteiger partial charge is 0.228 e. The summed E-state index contributed by atoms with van der Waals surface area (Å²) in [5.41, 5.74) is 3.56. The van der Waals surface area contributed by atoms with Gasteiger partial charge >= 0.3 is 0 Å². The maximum absolute atomic E-state index is 12.5. The maximum Gasteiger partial charge on any atom is 0.228 e. The summed E-state index contributed by atoms with van der Waals surface area (Å²) in [6, 6.07) is 16.0. The Morgan fingerprint density at radius 1 is 1.17 bits per heavy atom. The van der Waals surface area contributed by atoms with Crippen molar-refractivity contribution in [2.24, 2.45) is 0 Å². The molecule has 1 heterocycles. The Morgan fingerprint density at radius 3 is 2.70 bits per heavy atom. The SMILES string of the molecule is CN(CCC(=O)N1CCc2ccccc21)Cc1ccc(Cl)cc1. The fourth-order valence-corrected chi connectivity index (χ4v) is 3.13. The average Bonchev–Trinajstić information content (AvgIpc) is 2.99. The number of rotatable bonds is 5. The summed E-state index contributed by atoms with van der Waals surface area (Å²) in [5, 5.41) is 0.749. The van der Waals surface area contributed by atoms with Crippen molar-refractivity contribution in [2.45, 2.75) is 19.4 Å². The predicted octanol–water partition coefficient (Wildman–Crippen LogP) is 3.75. The van der Waals surface area contributed by atoms with Gasteiger partial charge < -0.3 is 9.80 Å². The molecule has 3 nitrogen and oxygen atoms in total. The van der Waals surface area contributed by atoms with Crippen LogP contribution < -0.4 is 4.90 Å². The van der Waals surface area contributed by atoms with E-state index in [4.69, 9.17) is 11.6 Å². The maximum atomic E-state index is 12.5. The molecule has 0 fully saturated rings. The van der Waals surface area contributed by atoms with Crippen molar-refractivity contribution in [3.8, 4) is 0 Å². The highest BCUT2D eigenvalue weighted by atomic mass is 35.5. The van der Waals surface area contributed by atoms with Crippen LogP contribution in [0.1, 0.15) is 17.5 Å². The monoisotopic (exact) mass is 328 g/mol. The van der Waals surface area contributed by atoms with Crippen LogP contribution in [0.5, 0.6) is 0 Å². The average molecular weight is 329 g/mol. The normalized spacial score (nSPS) is 13.4. The van der Waals surface area contributed by atoms with Gasteiger partial charge in [0.1, 0.15) is 0 Å². The number of anilines is 1. The number of nitrogens with zero attached hydrogens (tertiary/aromatic N) is 2. The van der Waals surface area contributed by atoms with Crippen LogP contribution in [0.15, 0.2) is 48.5 Å². The molecule has 1 amide bonds. The number of para-hydroxylation sites is 1. The summed E-state index contributed by atoms with van der Waals surface area (Å²) in [5.74, 6) is 0.206. The highest BCUT2D eigenvalue weighted by Crippen LogP contribution is 2.27. The first-order valence-corrected chi connectivity index (χ1v) is 8.32. The molecule has 0 bridgehead atoms. The number of amides is 1. The Hall–Kier alpha value is -1.84. The molecule has 0 atom stereocenters. The van der Waals surface area contributed by atoms with E-state index in [1.54, 1.807) is 0 Å². The first-order valence-electron chi connectivity index (χ1n) is 7.95. The molecule has 0 saturated carbocycles. The van der Waals surface area contributed by atoms with Gasteiger partial charge in [0, 0.05) is 36.8 Å². The van der Waals surface area contributed by atoms with Crippen LogP contribution in [-0.4, -0.2) is 30.9 Å². The molecule has 0 spiro atoms. The van der Waals surface area contributed by atoms with Crippen LogP contribution >= 0.6 is 11.6 Å². The predicted molar refractivity (Wildman–Crippen MR) is 94.9 cm³/mol. The third-order valence-electron chi connectivity index (χ3n) is 4.26. The minimum atomic E-state index is 0.206. The number of halogens is 1. The van der Waals surface area contributed by atoms with E-state index in [1.165, 1.54) is 11.1 Å². The Kier molecular flexibility index (Phi) is 4.99. The second-order valence-electron chi connectivity index (χ2n) is 6.04. The highest BCUT2D eigenvalue weighted by Gasteiger charge is 2.23. The Morgan fingerprint density at radius 2 is 1.91 bits per heavy atom. The lowest BCUT2D eigenvalue weighted by atomic mass is 10.2. The molecule has 2 aromatic carbocycles. The van der Waals surface area contributed by atoms with Crippen molar-refractivity contribution in [1.29, 1.82) is 0 Å². The molecule has 0 aliphatic carbocycles. The largest absolute Gasteiger partial charge is 0.312 e. The number of carbonyl (C=O) groups is 1. The molecule has 0 N–H and O–H groups in total. The van der Waals surface area contributed by atoms with E-state index in [0.717, 1.165) is 36.8 Å². The summed E-state index contributed by atoms with van der Waals surface area (Å²) in [7, 11) is 2.04. The molecule has 0 radical (unpaired) electrons. The van der Waals surface area contributed by atoms with Crippen molar-refractivity contribution < 1.29 is 4.79 Å². The fourth-order valence-electron chi connectivity index (χ4n) is 3.00. The molecule has 0 unspecified atom stereocenters. The molecular formula is C19H21ClN2O. The van der Waals surface area contributed by atoms with E-state index in [0.29, 0.717) is 6.42 Å². The van der Waals surface area contributed by atoms with Gasteiger partial charge in [-0.05, 0) is 42.8 Å². The Labute approximate surface area is 142 Å². The van der Waals surface area contributed by atoms with Gasteiger partial charge in [-0.3, -0.25) is 4.79 Å². The summed E-state index contributed by atoms with van der Waals surface area (Å²) in [6.45, 7) is 2.38. The number of hydrogen-bond acceptors (Lipinski definition) is 2. The van der Waals surface area contributed by atoms with E-state index in [1.807, 2.05) is 54.4 Å². The summed E-state index contributed by atoms with van der Waals surface area (Å²) in [4.78, 5) is 16.6. The minimum Gasteiger partial charge on any atom is -0.312 e. The molecule has 23 heavy (non-hydrogen) atoms. The third kappa shape index (κ3) is 3.92. The van der Waals surface area contributed by atoms with Gasteiger partial charge in [-0.15, -0.1) is 0 Å². The highest BCUT2D eigenvalue weighted by molar-refractivity contribution is 6.30. The lowest BCUT2D eigenvalue weighted by Gasteiger charge is -2.20. The van der Waals surface area contributed by atoms with Gasteiger partial charge in [-0.25, -0.2) is 0 Å². The summed E-state index contributed by atoms with van der Waals surface area (Å²) >= 11 is 5.90. The van der Waals surface area contributed by atoms with Gasteiger partial charge in [-0.1, -0.05) is 41.9 Å². The van der Waals surface area contributed by atoms with E-state index >= 15 is 0 Å². The standard InChI is InChI=1S/C19H21ClN2O/c1-21(14-15-6-8-17(20)9-7-15)12-11-19(23)22-13-10-16-4-2-3-5-18(16)22/h2-9H,10-14H2,1H3. The lowest BCUT2D eigenvalue weighted by molar-refractivity contribution is -0.118. The number of hydrogen-bond donors (Lipinski definition) is 0. The quantitative estimate of drug-likeness (QED) is 0.834. The summed E-state index contributed by atoms with van der Waals surface area (Å²) in [6.07, 6.45) is 1.50. The van der Waals surface area contributed by atoms with Crippen molar-refractivity contribution in [1.82, 2.24) is 4.90 Å². The Balaban J connectivity index is 1.52. The van der Waals surface area contributed by atoms with E-state index < -0.39 is 0 Å². The van der Waals surface area contributed by atoms with Crippen LogP contribution in [0, 0.1) is 0 Å². The topological polar surface area (TPSA) is 23.6 Å². The molecule has 2 aromatic rings. The van der Waals surface area contributed by atoms with Gasteiger partial charge in [0.2, 0.25) is 5.91 Å². The van der Waals surface area contributed by atoms with Crippen LogP contribution in [0.3, 0.4) is 0 Å². The molecule has 1 aliphatic heterocycles. The fraction of sp³-hybridized carbons (Fsp3) is 0.316. The van der Waals surface area contributed by atoms with Gasteiger partial charge in [-0.2, -0.15) is 0 Å². The van der Waals surface area contributed by atoms with E-state index in [9.17, 15) is 4.79 Å². The van der Waals surface area contributed by atoms with Crippen molar-refractivity contribution in [2.75, 3.05) is 25.0 Å². The molecule has 120 valence electrons. The molecule has 0 saturated heterocycles. The molecule has 0 aromatic heterocycles. The van der Waals surface area contributed by atoms with E-state index in [-0.39, 0.29) is 5.91 Å². The van der Waals surface area contributed by atoms with Crippen molar-refractivity contribution in [3.63, 3.8) is 0 Å². The number of carbonyl (C=O) groups excluding carboxylic acids is 1. The summed E-state index contributed by atoms with van der Waals surface area (Å²) < 4.78 is 0. The molecule has 3 rings (SSSR count). The second kappa shape index (κ2) is 7.16. The van der Waals surface area contributed by atoms with Gasteiger partial charge in [0.15, 0.2) is 0 Å². The third-order valence-corrected chi connectivity index (χ3v) is 4.51. The van der Waals surface area contributed by atoms with Crippen LogP contribution in [0.25, 0.3) is 0 Å². The molecule has 4 heteroatoms. The zero-order valence-electron chi connectivity index (χ0n) is 13.3. The second-order valence-corrected chi connectivity index (χ2v) is 6.47. The zero-order valence-corrected chi connectivity index (χ0v) is 14.1. The van der Waals surface area contributed by atoms with Crippen LogP contribution in [0.4, 0.5) is 5.69 Å². The van der Waals surface area contributed by atoms with Crippen LogP contribution in [0.2, 0.25) is 5.02 Å². The van der Waals surface area contributed by atoms with Gasteiger partial charge in [0.25, 0.3) is 0 Å². The number of benzene rings is 2. The first kappa shape index (κ1) is 16.0. The van der Waals surface area contributed by atoms with Crippen LogP contribution in [-0.2, 0) is 17.8 Å². The van der Waals surface area contributed by atoms with Crippen molar-refractivity contribution >= 4 is 23.2 Å². The lowest BCUT2D eigenvalue weighted by Crippen LogP contribution is -2.32. The first-order chi connectivity index (χ1) is 11.1. The molecular weight excluding hydrogens is 308 g/mol. The van der Waals surface area contributed by atoms with E-state index in [2.05, 4.69) is 11.0 Å². The number of fused-ring (bicyclic) bond motifs is 1. The Bertz CT molecular complexity index is 684. The zero-order chi connectivity index (χ0) is 16.2. The minimum absolute atomic E-state index is 0.206.